The summed E-state index contributed by atoms with van der Waals surface area (Å²) in [5.41, 5.74) is 5.32. The van der Waals surface area contributed by atoms with E-state index in [2.05, 4.69) is 22.8 Å². The zero-order valence-electron chi connectivity index (χ0n) is 18.1. The molecule has 3 aromatic rings. The van der Waals surface area contributed by atoms with Gasteiger partial charge in [0.2, 0.25) is 5.91 Å². The van der Waals surface area contributed by atoms with Crippen molar-refractivity contribution in [2.24, 2.45) is 4.99 Å². The Morgan fingerprint density at radius 3 is 2.47 bits per heavy atom. The largest absolute Gasteiger partial charge is 0.465 e. The molecule has 0 saturated heterocycles. The SMILES string of the molecule is CNCCc1ccc(N=C(c2ccccc2)C2C(=O)Nc3cc(C(=O)OC)ccc32)cc1. The number of benzene rings is 3. The number of carbonyl (C=O) groups is 2. The molecule has 1 amide bonds. The third-order valence-electron chi connectivity index (χ3n) is 5.50. The third-order valence-corrected chi connectivity index (χ3v) is 5.50. The number of likely N-dealkylation sites (N-methyl/N-ethyl adjacent to an activating group) is 1. The van der Waals surface area contributed by atoms with E-state index in [0.717, 1.165) is 29.8 Å². The number of rotatable bonds is 7. The summed E-state index contributed by atoms with van der Waals surface area (Å²) >= 11 is 0. The maximum Gasteiger partial charge on any atom is 0.337 e. The molecule has 1 heterocycles. The lowest BCUT2D eigenvalue weighted by molar-refractivity contribution is -0.115. The van der Waals surface area contributed by atoms with Crippen molar-refractivity contribution in [1.29, 1.82) is 0 Å². The fraction of sp³-hybridized carbons (Fsp3) is 0.192. The third kappa shape index (κ3) is 4.45. The number of carbonyl (C=O) groups excluding carboxylic acids is 2. The van der Waals surface area contributed by atoms with E-state index in [0.29, 0.717) is 17.0 Å². The van der Waals surface area contributed by atoms with Crippen molar-refractivity contribution in [1.82, 2.24) is 5.32 Å². The van der Waals surface area contributed by atoms with Crippen LogP contribution in [0.5, 0.6) is 0 Å². The van der Waals surface area contributed by atoms with Crippen LogP contribution < -0.4 is 10.6 Å². The highest BCUT2D eigenvalue weighted by atomic mass is 16.5. The Hall–Kier alpha value is -3.77. The molecule has 0 aliphatic carbocycles. The van der Waals surface area contributed by atoms with Crippen molar-refractivity contribution in [2.75, 3.05) is 26.0 Å². The summed E-state index contributed by atoms with van der Waals surface area (Å²) in [6.07, 6.45) is 0.937. The highest BCUT2D eigenvalue weighted by Gasteiger charge is 2.35. The number of fused-ring (bicyclic) bond motifs is 1. The van der Waals surface area contributed by atoms with Gasteiger partial charge in [0.15, 0.2) is 0 Å². The average molecular weight is 428 g/mol. The number of esters is 1. The first kappa shape index (κ1) is 21.5. The quantitative estimate of drug-likeness (QED) is 0.440. The maximum atomic E-state index is 13.0. The molecule has 1 unspecified atom stereocenters. The second-order valence-electron chi connectivity index (χ2n) is 7.60. The maximum absolute atomic E-state index is 13.0. The average Bonchev–Trinajstić information content (AvgIpc) is 3.16. The minimum atomic E-state index is -0.580. The summed E-state index contributed by atoms with van der Waals surface area (Å²) in [5.74, 6) is -1.20. The number of aliphatic imine (C=N–C) groups is 1. The number of hydrogen-bond donors (Lipinski definition) is 2. The van der Waals surface area contributed by atoms with Crippen molar-refractivity contribution >= 4 is 29.0 Å². The fourth-order valence-corrected chi connectivity index (χ4v) is 3.83. The summed E-state index contributed by atoms with van der Waals surface area (Å²) < 4.78 is 4.80. The number of methoxy groups -OCH3 is 1. The Morgan fingerprint density at radius 2 is 1.78 bits per heavy atom. The summed E-state index contributed by atoms with van der Waals surface area (Å²) in [7, 11) is 3.27. The first-order chi connectivity index (χ1) is 15.6. The first-order valence-electron chi connectivity index (χ1n) is 10.5. The molecule has 0 saturated carbocycles. The lowest BCUT2D eigenvalue weighted by Gasteiger charge is -2.14. The molecule has 0 aromatic heterocycles. The second kappa shape index (κ2) is 9.58. The molecule has 6 heteroatoms. The van der Waals surface area contributed by atoms with Crippen LogP contribution in [0.2, 0.25) is 0 Å². The summed E-state index contributed by atoms with van der Waals surface area (Å²) in [6.45, 7) is 0.907. The molecule has 4 rings (SSSR count). The minimum absolute atomic E-state index is 0.171. The van der Waals surface area contributed by atoms with E-state index < -0.39 is 11.9 Å². The van der Waals surface area contributed by atoms with E-state index in [9.17, 15) is 9.59 Å². The molecule has 2 N–H and O–H groups in total. The highest BCUT2D eigenvalue weighted by molar-refractivity contribution is 6.24. The number of hydrogen-bond acceptors (Lipinski definition) is 5. The Kier molecular flexibility index (Phi) is 6.42. The monoisotopic (exact) mass is 427 g/mol. The highest BCUT2D eigenvalue weighted by Crippen LogP contribution is 2.37. The normalized spacial score (nSPS) is 15.2. The number of amides is 1. The Bertz CT molecular complexity index is 1150. The number of anilines is 1. The summed E-state index contributed by atoms with van der Waals surface area (Å²) in [5, 5.41) is 6.05. The standard InChI is InChI=1S/C26H25N3O3/c1-27-15-14-17-8-11-20(12-9-17)28-24(18-6-4-3-5-7-18)23-21-13-10-19(26(31)32-2)16-22(21)29-25(23)30/h3-13,16,23,27H,14-15H2,1-2H3,(H,29,30). The van der Waals surface area contributed by atoms with Crippen LogP contribution in [0.1, 0.15) is 33.0 Å². The van der Waals surface area contributed by atoms with Gasteiger partial charge >= 0.3 is 5.97 Å². The summed E-state index contributed by atoms with van der Waals surface area (Å²) in [4.78, 5) is 29.9. The van der Waals surface area contributed by atoms with Gasteiger partial charge in [0, 0.05) is 5.69 Å². The van der Waals surface area contributed by atoms with E-state index in [1.54, 1.807) is 18.2 Å². The Balaban J connectivity index is 1.75. The van der Waals surface area contributed by atoms with Gasteiger partial charge in [0.05, 0.1) is 24.1 Å². The van der Waals surface area contributed by atoms with E-state index >= 15 is 0 Å². The van der Waals surface area contributed by atoms with Crippen LogP contribution in [0.15, 0.2) is 77.8 Å². The molecular formula is C26H25N3O3. The molecule has 162 valence electrons. The van der Waals surface area contributed by atoms with Crippen molar-refractivity contribution in [3.8, 4) is 0 Å². The van der Waals surface area contributed by atoms with Gasteiger partial charge in [-0.25, -0.2) is 4.79 Å². The number of nitrogens with one attached hydrogen (secondary N) is 2. The van der Waals surface area contributed by atoms with Crippen LogP contribution in [0.4, 0.5) is 11.4 Å². The van der Waals surface area contributed by atoms with E-state index in [-0.39, 0.29) is 5.91 Å². The molecule has 32 heavy (non-hydrogen) atoms. The van der Waals surface area contributed by atoms with Crippen molar-refractivity contribution in [3.05, 3.63) is 95.1 Å². The van der Waals surface area contributed by atoms with Crippen molar-refractivity contribution < 1.29 is 14.3 Å². The molecule has 1 atom stereocenters. The lowest BCUT2D eigenvalue weighted by Crippen LogP contribution is -2.21. The summed E-state index contributed by atoms with van der Waals surface area (Å²) in [6, 6.07) is 22.9. The van der Waals surface area contributed by atoms with Gasteiger partial charge in [-0.1, -0.05) is 48.5 Å². The predicted octanol–water partition coefficient (Wildman–Crippen LogP) is 4.09. The minimum Gasteiger partial charge on any atom is -0.465 e. The Morgan fingerprint density at radius 1 is 1.03 bits per heavy atom. The fourth-order valence-electron chi connectivity index (χ4n) is 3.83. The predicted molar refractivity (Wildman–Crippen MR) is 126 cm³/mol. The Labute approximate surface area is 187 Å². The number of ether oxygens (including phenoxy) is 1. The van der Waals surface area contributed by atoms with Crippen LogP contribution in [0.25, 0.3) is 0 Å². The zero-order valence-corrected chi connectivity index (χ0v) is 18.1. The lowest BCUT2D eigenvalue weighted by atomic mass is 9.90. The van der Waals surface area contributed by atoms with Gasteiger partial charge in [-0.3, -0.25) is 9.79 Å². The van der Waals surface area contributed by atoms with Crippen LogP contribution in [0, 0.1) is 0 Å². The molecular weight excluding hydrogens is 402 g/mol. The smallest absolute Gasteiger partial charge is 0.337 e. The number of nitrogens with zero attached hydrogens (tertiary/aromatic N) is 1. The zero-order chi connectivity index (χ0) is 22.5. The molecule has 0 spiro atoms. The van der Waals surface area contributed by atoms with E-state index in [1.807, 2.05) is 49.5 Å². The van der Waals surface area contributed by atoms with Gasteiger partial charge in [0.25, 0.3) is 0 Å². The molecule has 6 nitrogen and oxygen atoms in total. The first-order valence-corrected chi connectivity index (χ1v) is 10.5. The molecule has 0 fully saturated rings. The van der Waals surface area contributed by atoms with Crippen molar-refractivity contribution in [3.63, 3.8) is 0 Å². The second-order valence-corrected chi connectivity index (χ2v) is 7.60. The molecule has 0 bridgehead atoms. The van der Waals surface area contributed by atoms with Crippen LogP contribution in [-0.4, -0.2) is 38.3 Å². The van der Waals surface area contributed by atoms with Crippen LogP contribution in [-0.2, 0) is 16.0 Å². The van der Waals surface area contributed by atoms with E-state index in [1.165, 1.54) is 12.7 Å². The van der Waals surface area contributed by atoms with Gasteiger partial charge in [-0.05, 0) is 61.0 Å². The molecule has 1 aliphatic rings. The van der Waals surface area contributed by atoms with E-state index in [4.69, 9.17) is 9.73 Å². The van der Waals surface area contributed by atoms with Crippen molar-refractivity contribution in [2.45, 2.75) is 12.3 Å². The molecule has 3 aromatic carbocycles. The topological polar surface area (TPSA) is 79.8 Å². The molecule has 0 radical (unpaired) electrons. The molecule has 1 aliphatic heterocycles. The van der Waals surface area contributed by atoms with Gasteiger partial charge in [-0.15, -0.1) is 0 Å². The van der Waals surface area contributed by atoms with Gasteiger partial charge in [-0.2, -0.15) is 0 Å². The van der Waals surface area contributed by atoms with Crippen LogP contribution >= 0.6 is 0 Å². The van der Waals surface area contributed by atoms with Gasteiger partial charge in [0.1, 0.15) is 5.92 Å². The van der Waals surface area contributed by atoms with Crippen LogP contribution in [0.3, 0.4) is 0 Å². The van der Waals surface area contributed by atoms with Gasteiger partial charge < -0.3 is 15.4 Å².